The lowest BCUT2D eigenvalue weighted by atomic mass is 9.81. The molecule has 5 N–H and O–H groups in total. The minimum atomic E-state index is -0.976. The second-order valence-electron chi connectivity index (χ2n) is 13.1. The van der Waals surface area contributed by atoms with Gasteiger partial charge in [-0.1, -0.05) is 24.3 Å². The summed E-state index contributed by atoms with van der Waals surface area (Å²) in [6.07, 6.45) is 5.96. The minimum absolute atomic E-state index is 0.194. The smallest absolute Gasteiger partial charge is 0.407 e. The highest BCUT2D eigenvalue weighted by atomic mass is 16.6. The van der Waals surface area contributed by atoms with Crippen molar-refractivity contribution in [1.29, 1.82) is 0 Å². The molecule has 0 spiro atoms. The molecule has 2 heterocycles. The van der Waals surface area contributed by atoms with Gasteiger partial charge in [-0.2, -0.15) is 0 Å². The average molecular weight is 627 g/mol. The van der Waals surface area contributed by atoms with Gasteiger partial charge >= 0.3 is 6.09 Å². The first-order valence-corrected chi connectivity index (χ1v) is 15.7. The normalized spacial score (nSPS) is 17.3. The summed E-state index contributed by atoms with van der Waals surface area (Å²) in [4.78, 5) is 57.6. The van der Waals surface area contributed by atoms with Gasteiger partial charge < -0.3 is 15.8 Å². The van der Waals surface area contributed by atoms with Crippen molar-refractivity contribution in [2.75, 3.05) is 11.4 Å². The fraction of sp³-hybridized carbons (Fsp3) is 0.400. The molecule has 2 aromatic heterocycles. The molecule has 11 heteroatoms. The van der Waals surface area contributed by atoms with E-state index < -0.39 is 23.6 Å². The highest BCUT2D eigenvalue weighted by Gasteiger charge is 2.36. The summed E-state index contributed by atoms with van der Waals surface area (Å²) in [5.41, 5.74) is 10.1. The van der Waals surface area contributed by atoms with Crippen molar-refractivity contribution in [2.24, 2.45) is 17.6 Å². The molecule has 1 aliphatic rings. The minimum Gasteiger partial charge on any atom is -0.444 e. The van der Waals surface area contributed by atoms with Crippen LogP contribution in [0.1, 0.15) is 57.6 Å². The van der Waals surface area contributed by atoms with E-state index in [4.69, 9.17) is 10.5 Å². The lowest BCUT2D eigenvalue weighted by Crippen LogP contribution is -2.52. The number of aromatic nitrogens is 3. The Kier molecular flexibility index (Phi) is 9.60. The summed E-state index contributed by atoms with van der Waals surface area (Å²) >= 11 is 0. The van der Waals surface area contributed by atoms with E-state index >= 15 is 0 Å². The van der Waals surface area contributed by atoms with Crippen molar-refractivity contribution in [2.45, 2.75) is 71.4 Å². The number of primary amides is 1. The number of nitrogens with two attached hydrogens (primary N) is 1. The number of benzene rings is 2. The Bertz CT molecular complexity index is 1780. The first-order chi connectivity index (χ1) is 21.9. The summed E-state index contributed by atoms with van der Waals surface area (Å²) in [5, 5.41) is 8.72. The number of alkyl carbamates (subject to hydrolysis) is 1. The molecule has 2 aromatic carbocycles. The van der Waals surface area contributed by atoms with E-state index in [-0.39, 0.29) is 29.7 Å². The number of nitrogens with one attached hydrogen (secondary N) is 3. The second kappa shape index (κ2) is 13.6. The SMILES string of the molecule is Cc1cnccc1-c1cccc(C[C@@H](C(N)=O)N(c2ccc3c(=O)[nH][nH]c3c2)C(=O)[C@H]2CC[C@H](CNC(=O)OC(C)(C)C)CC2)c1. The maximum absolute atomic E-state index is 14.4. The van der Waals surface area contributed by atoms with Crippen molar-refractivity contribution < 1.29 is 19.1 Å². The summed E-state index contributed by atoms with van der Waals surface area (Å²) in [7, 11) is 0. The van der Waals surface area contributed by atoms with Gasteiger partial charge in [-0.25, -0.2) is 4.79 Å². The van der Waals surface area contributed by atoms with Crippen LogP contribution in [0, 0.1) is 18.8 Å². The van der Waals surface area contributed by atoms with Crippen LogP contribution in [0.5, 0.6) is 0 Å². The largest absolute Gasteiger partial charge is 0.444 e. The number of hydrogen-bond donors (Lipinski definition) is 4. The number of H-pyrrole nitrogens is 2. The summed E-state index contributed by atoms with van der Waals surface area (Å²) < 4.78 is 5.35. The molecule has 46 heavy (non-hydrogen) atoms. The molecule has 0 bridgehead atoms. The predicted octanol–water partition coefficient (Wildman–Crippen LogP) is 4.99. The zero-order valence-corrected chi connectivity index (χ0v) is 26.8. The number of hydrogen-bond acceptors (Lipinski definition) is 6. The first kappa shape index (κ1) is 32.5. The molecular weight excluding hydrogens is 584 g/mol. The third-order valence-electron chi connectivity index (χ3n) is 8.53. The van der Waals surface area contributed by atoms with Gasteiger partial charge in [-0.3, -0.25) is 34.5 Å². The molecule has 1 aliphatic carbocycles. The molecule has 0 radical (unpaired) electrons. The predicted molar refractivity (Wildman–Crippen MR) is 177 cm³/mol. The van der Waals surface area contributed by atoms with E-state index in [1.807, 2.05) is 58.0 Å². The van der Waals surface area contributed by atoms with E-state index in [2.05, 4.69) is 20.5 Å². The van der Waals surface area contributed by atoms with Crippen LogP contribution in [0.15, 0.2) is 65.7 Å². The van der Waals surface area contributed by atoms with Gasteiger partial charge in [0.05, 0.1) is 10.9 Å². The van der Waals surface area contributed by atoms with Crippen LogP contribution in [0.4, 0.5) is 10.5 Å². The second-order valence-corrected chi connectivity index (χ2v) is 13.1. The number of fused-ring (bicyclic) bond motifs is 1. The Labute approximate surface area is 267 Å². The maximum Gasteiger partial charge on any atom is 0.407 e. The topological polar surface area (TPSA) is 163 Å². The lowest BCUT2D eigenvalue weighted by molar-refractivity contribution is -0.127. The van der Waals surface area contributed by atoms with Crippen LogP contribution >= 0.6 is 0 Å². The Hall–Kier alpha value is -4.93. The molecule has 1 saturated carbocycles. The quantitative estimate of drug-likeness (QED) is 0.205. The summed E-state index contributed by atoms with van der Waals surface area (Å²) in [5.74, 6) is -0.957. The van der Waals surface area contributed by atoms with E-state index in [0.29, 0.717) is 36.0 Å². The van der Waals surface area contributed by atoms with Crippen molar-refractivity contribution in [3.8, 4) is 11.1 Å². The number of ether oxygens (including phenoxy) is 1. The number of carbonyl (C=O) groups excluding carboxylic acids is 3. The van der Waals surface area contributed by atoms with Gasteiger partial charge in [0.2, 0.25) is 11.8 Å². The van der Waals surface area contributed by atoms with E-state index in [1.54, 1.807) is 30.6 Å². The molecule has 0 unspecified atom stereocenters. The third-order valence-corrected chi connectivity index (χ3v) is 8.53. The highest BCUT2D eigenvalue weighted by molar-refractivity contribution is 6.03. The Morgan fingerprint density at radius 3 is 2.52 bits per heavy atom. The number of pyridine rings is 1. The molecule has 5 rings (SSSR count). The summed E-state index contributed by atoms with van der Waals surface area (Å²) in [6, 6.07) is 13.9. The van der Waals surface area contributed by atoms with E-state index in [9.17, 15) is 19.2 Å². The number of nitrogens with zero attached hydrogens (tertiary/aromatic N) is 2. The first-order valence-electron chi connectivity index (χ1n) is 15.7. The molecule has 242 valence electrons. The van der Waals surface area contributed by atoms with Crippen LogP contribution in [-0.4, -0.2) is 51.3 Å². The zero-order valence-electron chi connectivity index (χ0n) is 26.8. The molecule has 0 aliphatic heterocycles. The number of aryl methyl sites for hydroxylation is 1. The molecular formula is C35H42N6O5. The van der Waals surface area contributed by atoms with Crippen LogP contribution in [0.2, 0.25) is 0 Å². The highest BCUT2D eigenvalue weighted by Crippen LogP contribution is 2.33. The Balaban J connectivity index is 1.39. The molecule has 11 nitrogen and oxygen atoms in total. The number of aromatic amines is 2. The molecule has 0 saturated heterocycles. The number of anilines is 1. The van der Waals surface area contributed by atoms with Crippen LogP contribution in [0.3, 0.4) is 0 Å². The van der Waals surface area contributed by atoms with Gasteiger partial charge in [0.25, 0.3) is 5.56 Å². The monoisotopic (exact) mass is 626 g/mol. The number of amides is 3. The van der Waals surface area contributed by atoms with Crippen LogP contribution in [-0.2, 0) is 20.7 Å². The maximum atomic E-state index is 14.4. The van der Waals surface area contributed by atoms with Crippen molar-refractivity contribution in [1.82, 2.24) is 20.5 Å². The molecule has 3 amide bonds. The Morgan fingerprint density at radius 1 is 1.07 bits per heavy atom. The van der Waals surface area contributed by atoms with Crippen molar-refractivity contribution in [3.05, 3.63) is 82.4 Å². The van der Waals surface area contributed by atoms with Gasteiger partial charge in [0, 0.05) is 37.0 Å². The van der Waals surface area contributed by atoms with Crippen molar-refractivity contribution >= 4 is 34.5 Å². The fourth-order valence-electron chi connectivity index (χ4n) is 6.19. The lowest BCUT2D eigenvalue weighted by Gasteiger charge is -2.36. The van der Waals surface area contributed by atoms with E-state index in [0.717, 1.165) is 35.1 Å². The molecule has 1 atom stereocenters. The summed E-state index contributed by atoms with van der Waals surface area (Å²) in [6.45, 7) is 7.91. The third kappa shape index (κ3) is 7.64. The van der Waals surface area contributed by atoms with Gasteiger partial charge in [0.1, 0.15) is 11.6 Å². The zero-order chi connectivity index (χ0) is 33.0. The molecule has 4 aromatic rings. The van der Waals surface area contributed by atoms with E-state index in [1.165, 1.54) is 4.90 Å². The standard InChI is InChI=1S/C35H42N6O5/c1-21-19-37-15-14-27(21)25-7-5-6-23(16-25)17-30(31(36)42)41(26-12-13-28-29(18-26)39-40-32(28)43)33(44)24-10-8-22(9-11-24)20-38-34(45)46-35(2,3)4/h5-7,12-16,18-19,22,24,30H,8-11,17,20H2,1-4H3,(H2,36,42)(H,38,45)(H2,39,40,43)/t22-,24-,30-/m0/s1. The number of carbonyl (C=O) groups is 3. The van der Waals surface area contributed by atoms with Gasteiger partial charge in [0.15, 0.2) is 0 Å². The van der Waals surface area contributed by atoms with Crippen LogP contribution in [0.25, 0.3) is 22.0 Å². The Morgan fingerprint density at radius 2 is 1.83 bits per heavy atom. The average Bonchev–Trinajstić information content (AvgIpc) is 3.39. The van der Waals surface area contributed by atoms with Gasteiger partial charge in [-0.15, -0.1) is 0 Å². The molecule has 1 fully saturated rings. The van der Waals surface area contributed by atoms with Gasteiger partial charge in [-0.05, 0) is 106 Å². The van der Waals surface area contributed by atoms with Crippen molar-refractivity contribution in [3.63, 3.8) is 0 Å². The number of rotatable bonds is 9. The van der Waals surface area contributed by atoms with Crippen LogP contribution < -0.4 is 21.5 Å². The fourth-order valence-corrected chi connectivity index (χ4v) is 6.19.